The van der Waals surface area contributed by atoms with E-state index in [4.69, 9.17) is 11.6 Å². The van der Waals surface area contributed by atoms with Gasteiger partial charge in [-0.3, -0.25) is 20.4 Å². The number of carbonyl (C=O) groups is 2. The van der Waals surface area contributed by atoms with E-state index in [1.807, 2.05) is 0 Å². The van der Waals surface area contributed by atoms with Gasteiger partial charge in [-0.15, -0.1) is 0 Å². The van der Waals surface area contributed by atoms with Gasteiger partial charge in [-0.2, -0.15) is 0 Å². The van der Waals surface area contributed by atoms with Gasteiger partial charge in [0.15, 0.2) is 0 Å². The van der Waals surface area contributed by atoms with Crippen LogP contribution in [0.5, 0.6) is 0 Å². The molecule has 2 N–H and O–H groups in total. The lowest BCUT2D eigenvalue weighted by atomic mass is 10.2. The monoisotopic (exact) mass is 336 g/mol. The molecular formula is C16H11ClF2N2O2. The molecule has 0 fully saturated rings. The van der Waals surface area contributed by atoms with Crippen molar-refractivity contribution in [2.75, 3.05) is 0 Å². The van der Waals surface area contributed by atoms with Crippen LogP contribution in [0, 0.1) is 11.6 Å². The van der Waals surface area contributed by atoms with E-state index in [0.29, 0.717) is 5.56 Å². The molecule has 0 aliphatic carbocycles. The first-order valence-corrected chi connectivity index (χ1v) is 6.83. The Hall–Kier alpha value is -2.73. The molecule has 7 heteroatoms. The Balaban J connectivity index is 1.92. The number of amides is 2. The molecule has 4 nitrogen and oxygen atoms in total. The number of hydrogen-bond acceptors (Lipinski definition) is 2. The predicted molar refractivity (Wildman–Crippen MR) is 82.5 cm³/mol. The van der Waals surface area contributed by atoms with Crippen LogP contribution in [0.4, 0.5) is 8.78 Å². The van der Waals surface area contributed by atoms with E-state index >= 15 is 0 Å². The molecule has 0 aliphatic heterocycles. The standard InChI is InChI=1S/C16H11ClF2N2O2/c17-12-9-10(5-7-14(12)19)6-8-15(22)20-21-16(23)11-3-1-2-4-13(11)18/h1-9H,(H,20,22)(H,21,23)/b8-6+. The maximum absolute atomic E-state index is 13.4. The summed E-state index contributed by atoms with van der Waals surface area (Å²) in [5.74, 6) is -2.69. The molecule has 0 aromatic heterocycles. The summed E-state index contributed by atoms with van der Waals surface area (Å²) in [6.07, 6.45) is 2.50. The van der Waals surface area contributed by atoms with Crippen molar-refractivity contribution in [3.05, 3.63) is 76.3 Å². The van der Waals surface area contributed by atoms with E-state index in [0.717, 1.165) is 12.1 Å². The summed E-state index contributed by atoms with van der Waals surface area (Å²) < 4.78 is 26.4. The highest BCUT2D eigenvalue weighted by Crippen LogP contribution is 2.16. The Morgan fingerprint density at radius 2 is 1.74 bits per heavy atom. The second kappa shape index (κ2) is 7.51. The van der Waals surface area contributed by atoms with Crippen molar-refractivity contribution in [1.29, 1.82) is 0 Å². The molecule has 118 valence electrons. The quantitative estimate of drug-likeness (QED) is 0.668. The van der Waals surface area contributed by atoms with Gasteiger partial charge < -0.3 is 0 Å². The van der Waals surface area contributed by atoms with Crippen LogP contribution in [0.1, 0.15) is 15.9 Å². The van der Waals surface area contributed by atoms with E-state index in [9.17, 15) is 18.4 Å². The molecule has 0 spiro atoms. The number of nitrogens with one attached hydrogen (secondary N) is 2. The second-order valence-electron chi connectivity index (χ2n) is 4.43. The van der Waals surface area contributed by atoms with Crippen LogP contribution in [-0.4, -0.2) is 11.8 Å². The summed E-state index contributed by atoms with van der Waals surface area (Å²) in [6, 6.07) is 9.31. The minimum Gasteiger partial charge on any atom is -0.268 e. The first-order valence-electron chi connectivity index (χ1n) is 6.45. The molecule has 0 aliphatic rings. The summed E-state index contributed by atoms with van der Waals surface area (Å²) in [7, 11) is 0. The topological polar surface area (TPSA) is 58.2 Å². The maximum Gasteiger partial charge on any atom is 0.272 e. The van der Waals surface area contributed by atoms with Crippen LogP contribution in [0.15, 0.2) is 48.5 Å². The zero-order valence-electron chi connectivity index (χ0n) is 11.6. The lowest BCUT2D eigenvalue weighted by Crippen LogP contribution is -2.41. The van der Waals surface area contributed by atoms with Crippen molar-refractivity contribution in [3.8, 4) is 0 Å². The Morgan fingerprint density at radius 1 is 1.00 bits per heavy atom. The minimum atomic E-state index is -0.783. The molecule has 2 aromatic rings. The molecule has 0 heterocycles. The van der Waals surface area contributed by atoms with Crippen molar-refractivity contribution in [2.24, 2.45) is 0 Å². The number of rotatable bonds is 3. The van der Waals surface area contributed by atoms with Gasteiger partial charge in [0, 0.05) is 6.08 Å². The number of benzene rings is 2. The van der Waals surface area contributed by atoms with Crippen molar-refractivity contribution in [3.63, 3.8) is 0 Å². The number of hydrazine groups is 1. The Morgan fingerprint density at radius 3 is 2.43 bits per heavy atom. The molecule has 0 radical (unpaired) electrons. The maximum atomic E-state index is 13.4. The first-order chi connectivity index (χ1) is 11.0. The third-order valence-electron chi connectivity index (χ3n) is 2.79. The van der Waals surface area contributed by atoms with Crippen LogP contribution in [-0.2, 0) is 4.79 Å². The smallest absolute Gasteiger partial charge is 0.268 e. The van der Waals surface area contributed by atoms with Gasteiger partial charge in [-0.1, -0.05) is 29.8 Å². The van der Waals surface area contributed by atoms with Gasteiger partial charge in [-0.25, -0.2) is 8.78 Å². The van der Waals surface area contributed by atoms with Crippen LogP contribution in [0.2, 0.25) is 5.02 Å². The largest absolute Gasteiger partial charge is 0.272 e. The molecule has 0 saturated heterocycles. The van der Waals surface area contributed by atoms with Gasteiger partial charge in [0.2, 0.25) is 0 Å². The van der Waals surface area contributed by atoms with Crippen LogP contribution >= 0.6 is 11.6 Å². The average Bonchev–Trinajstić information content (AvgIpc) is 2.54. The first kappa shape index (κ1) is 16.6. The Bertz CT molecular complexity index is 778. The van der Waals surface area contributed by atoms with Gasteiger partial charge in [-0.05, 0) is 35.9 Å². The zero-order chi connectivity index (χ0) is 16.8. The van der Waals surface area contributed by atoms with Crippen LogP contribution < -0.4 is 10.9 Å². The second-order valence-corrected chi connectivity index (χ2v) is 4.84. The molecule has 0 bridgehead atoms. The number of carbonyl (C=O) groups excluding carboxylic acids is 2. The normalized spacial score (nSPS) is 10.6. The summed E-state index contributed by atoms with van der Waals surface area (Å²) in [4.78, 5) is 23.3. The summed E-state index contributed by atoms with van der Waals surface area (Å²) >= 11 is 5.61. The lowest BCUT2D eigenvalue weighted by Gasteiger charge is -2.05. The van der Waals surface area contributed by atoms with E-state index in [1.165, 1.54) is 42.5 Å². The average molecular weight is 337 g/mol. The molecule has 2 amide bonds. The van der Waals surface area contributed by atoms with E-state index < -0.39 is 23.4 Å². The van der Waals surface area contributed by atoms with Crippen molar-refractivity contribution >= 4 is 29.5 Å². The summed E-state index contributed by atoms with van der Waals surface area (Å²) in [5, 5.41) is -0.0691. The van der Waals surface area contributed by atoms with Gasteiger partial charge in [0.1, 0.15) is 11.6 Å². The molecule has 0 atom stereocenters. The van der Waals surface area contributed by atoms with Crippen LogP contribution in [0.3, 0.4) is 0 Å². The SMILES string of the molecule is O=C(/C=C/c1ccc(F)c(Cl)c1)NNC(=O)c1ccccc1F. The third kappa shape index (κ3) is 4.62. The highest BCUT2D eigenvalue weighted by atomic mass is 35.5. The van der Waals surface area contributed by atoms with Crippen LogP contribution in [0.25, 0.3) is 6.08 Å². The Labute approximate surface area is 135 Å². The molecule has 2 rings (SSSR count). The molecule has 23 heavy (non-hydrogen) atoms. The van der Waals surface area contributed by atoms with E-state index in [1.54, 1.807) is 0 Å². The Kier molecular flexibility index (Phi) is 5.43. The minimum absolute atomic E-state index is 0.0691. The highest BCUT2D eigenvalue weighted by Gasteiger charge is 2.10. The van der Waals surface area contributed by atoms with Gasteiger partial charge >= 0.3 is 0 Å². The molecule has 0 unspecified atom stereocenters. The molecule has 0 saturated carbocycles. The van der Waals surface area contributed by atoms with E-state index in [-0.39, 0.29) is 10.6 Å². The van der Waals surface area contributed by atoms with Crippen molar-refractivity contribution in [2.45, 2.75) is 0 Å². The van der Waals surface area contributed by atoms with E-state index in [2.05, 4.69) is 10.9 Å². The fourth-order valence-corrected chi connectivity index (χ4v) is 1.85. The fraction of sp³-hybridized carbons (Fsp3) is 0. The zero-order valence-corrected chi connectivity index (χ0v) is 12.4. The third-order valence-corrected chi connectivity index (χ3v) is 3.08. The van der Waals surface area contributed by atoms with Gasteiger partial charge in [0.05, 0.1) is 10.6 Å². The molecule has 2 aromatic carbocycles. The summed E-state index contributed by atoms with van der Waals surface area (Å²) in [6.45, 7) is 0. The molecular weight excluding hydrogens is 326 g/mol. The highest BCUT2D eigenvalue weighted by molar-refractivity contribution is 6.30. The van der Waals surface area contributed by atoms with Crippen molar-refractivity contribution < 1.29 is 18.4 Å². The van der Waals surface area contributed by atoms with Crippen molar-refractivity contribution in [1.82, 2.24) is 10.9 Å². The number of halogens is 3. The summed E-state index contributed by atoms with van der Waals surface area (Å²) in [5.41, 5.74) is 4.50. The number of hydrogen-bond donors (Lipinski definition) is 2. The predicted octanol–water partition coefficient (Wildman–Crippen LogP) is 3.09. The fourth-order valence-electron chi connectivity index (χ4n) is 1.66. The van der Waals surface area contributed by atoms with Gasteiger partial charge in [0.25, 0.3) is 11.8 Å². The lowest BCUT2D eigenvalue weighted by molar-refractivity contribution is -0.117.